The fourth-order valence-corrected chi connectivity index (χ4v) is 4.39. The van der Waals surface area contributed by atoms with Gasteiger partial charge >= 0.3 is 0 Å². The Morgan fingerprint density at radius 2 is 1.50 bits per heavy atom. The van der Waals surface area contributed by atoms with Crippen LogP contribution in [0.3, 0.4) is 0 Å². The van der Waals surface area contributed by atoms with Gasteiger partial charge in [0.15, 0.2) is 0 Å². The van der Waals surface area contributed by atoms with Crippen LogP contribution in [0.1, 0.15) is 45.4 Å². The maximum Gasteiger partial charge on any atom is 0.109 e. The summed E-state index contributed by atoms with van der Waals surface area (Å²) in [5.41, 5.74) is 0.265. The van der Waals surface area contributed by atoms with Crippen molar-refractivity contribution < 1.29 is 4.74 Å². The van der Waals surface area contributed by atoms with Crippen LogP contribution in [-0.2, 0) is 4.74 Å². The molecule has 1 nitrogen and oxygen atoms in total. The molecule has 4 aliphatic carbocycles. The van der Waals surface area contributed by atoms with E-state index in [1.807, 2.05) is 19.3 Å². The lowest BCUT2D eigenvalue weighted by molar-refractivity contribution is -0.130. The summed E-state index contributed by atoms with van der Waals surface area (Å²) in [6.45, 7) is 2.04. The van der Waals surface area contributed by atoms with Gasteiger partial charge in [-0.1, -0.05) is 6.08 Å². The zero-order valence-electron chi connectivity index (χ0n) is 9.04. The predicted molar refractivity (Wildman–Crippen MR) is 56.8 cm³/mol. The van der Waals surface area contributed by atoms with Crippen LogP contribution in [0, 0.1) is 17.8 Å². The Labute approximate surface area is 86.5 Å². The standard InChI is InChI=1S/C13H20O/c1-2-3-14-13-7-10-4-11(8-13)6-12(5-10)9-13/h2-3,10-12H,4-9H2,1H3. The summed E-state index contributed by atoms with van der Waals surface area (Å²) < 4.78 is 6.01. The highest BCUT2D eigenvalue weighted by atomic mass is 16.5. The number of rotatable bonds is 2. The van der Waals surface area contributed by atoms with Gasteiger partial charge in [-0.3, -0.25) is 0 Å². The lowest BCUT2D eigenvalue weighted by Gasteiger charge is -2.55. The molecule has 4 saturated carbocycles. The van der Waals surface area contributed by atoms with Gasteiger partial charge in [0.05, 0.1) is 6.26 Å². The molecule has 0 N–H and O–H groups in total. The molecule has 0 aliphatic heterocycles. The summed E-state index contributed by atoms with van der Waals surface area (Å²) in [6, 6.07) is 0. The van der Waals surface area contributed by atoms with Gasteiger partial charge in [-0.15, -0.1) is 0 Å². The first kappa shape index (κ1) is 8.82. The van der Waals surface area contributed by atoms with Crippen LogP contribution >= 0.6 is 0 Å². The SMILES string of the molecule is CC=COC12CC3CC(CC(C3)C1)C2. The Kier molecular flexibility index (Phi) is 1.90. The maximum absolute atomic E-state index is 6.01. The highest BCUT2D eigenvalue weighted by Gasteiger charge is 2.51. The predicted octanol–water partition coefficient (Wildman–Crippen LogP) is 3.51. The highest BCUT2D eigenvalue weighted by Crippen LogP contribution is 2.57. The molecule has 4 aliphatic rings. The van der Waals surface area contributed by atoms with E-state index in [1.54, 1.807) is 0 Å². The molecule has 0 unspecified atom stereocenters. The molecular formula is C13H20O. The Bertz CT molecular complexity index is 219. The van der Waals surface area contributed by atoms with E-state index in [-0.39, 0.29) is 5.60 Å². The number of hydrogen-bond acceptors (Lipinski definition) is 1. The van der Waals surface area contributed by atoms with Crippen molar-refractivity contribution in [1.82, 2.24) is 0 Å². The summed E-state index contributed by atoms with van der Waals surface area (Å²) in [6.07, 6.45) is 12.5. The molecule has 0 heterocycles. The van der Waals surface area contributed by atoms with Gasteiger partial charge in [0, 0.05) is 0 Å². The highest BCUT2D eigenvalue weighted by molar-refractivity contribution is 5.03. The molecule has 0 saturated heterocycles. The van der Waals surface area contributed by atoms with E-state index in [2.05, 4.69) is 0 Å². The Balaban J connectivity index is 1.80. The molecule has 1 heteroatoms. The second-order valence-corrected chi connectivity index (χ2v) is 5.69. The second kappa shape index (κ2) is 3.01. The molecule has 0 amide bonds. The topological polar surface area (TPSA) is 9.23 Å². The lowest BCUT2D eigenvalue weighted by Crippen LogP contribution is -2.51. The average Bonchev–Trinajstić information content (AvgIpc) is 2.12. The van der Waals surface area contributed by atoms with Gasteiger partial charge in [-0.05, 0) is 63.2 Å². The minimum absolute atomic E-state index is 0.265. The lowest BCUT2D eigenvalue weighted by atomic mass is 9.54. The van der Waals surface area contributed by atoms with Crippen LogP contribution in [-0.4, -0.2) is 5.60 Å². The van der Waals surface area contributed by atoms with E-state index in [9.17, 15) is 0 Å². The average molecular weight is 192 g/mol. The third-order valence-corrected chi connectivity index (χ3v) is 4.44. The van der Waals surface area contributed by atoms with Crippen molar-refractivity contribution in [2.24, 2.45) is 17.8 Å². The van der Waals surface area contributed by atoms with E-state index >= 15 is 0 Å². The Morgan fingerprint density at radius 3 is 1.93 bits per heavy atom. The molecule has 0 aromatic carbocycles. The monoisotopic (exact) mass is 192 g/mol. The smallest absolute Gasteiger partial charge is 0.109 e. The zero-order chi connectivity index (χ0) is 9.60. The van der Waals surface area contributed by atoms with Crippen molar-refractivity contribution in [3.63, 3.8) is 0 Å². The van der Waals surface area contributed by atoms with Crippen molar-refractivity contribution in [3.8, 4) is 0 Å². The minimum atomic E-state index is 0.265. The summed E-state index contributed by atoms with van der Waals surface area (Å²) in [4.78, 5) is 0. The molecule has 78 valence electrons. The molecule has 14 heavy (non-hydrogen) atoms. The van der Waals surface area contributed by atoms with Crippen LogP contribution in [0.15, 0.2) is 12.3 Å². The van der Waals surface area contributed by atoms with Gasteiger partial charge in [-0.25, -0.2) is 0 Å². The van der Waals surface area contributed by atoms with Crippen LogP contribution in [0.25, 0.3) is 0 Å². The summed E-state index contributed by atoms with van der Waals surface area (Å²) in [5, 5.41) is 0. The molecule has 0 atom stereocenters. The third kappa shape index (κ3) is 1.29. The first-order valence-corrected chi connectivity index (χ1v) is 6.09. The maximum atomic E-state index is 6.01. The first-order valence-electron chi connectivity index (χ1n) is 6.09. The van der Waals surface area contributed by atoms with E-state index in [0.717, 1.165) is 17.8 Å². The van der Waals surface area contributed by atoms with Gasteiger partial charge in [0.2, 0.25) is 0 Å². The normalized spacial score (nSPS) is 50.2. The van der Waals surface area contributed by atoms with E-state index in [0.29, 0.717) is 0 Å². The Hall–Kier alpha value is -0.460. The largest absolute Gasteiger partial charge is 0.495 e. The molecular weight excluding hydrogens is 172 g/mol. The third-order valence-electron chi connectivity index (χ3n) is 4.44. The molecule has 4 bridgehead atoms. The number of hydrogen-bond donors (Lipinski definition) is 0. The van der Waals surface area contributed by atoms with E-state index in [4.69, 9.17) is 4.74 Å². The van der Waals surface area contributed by atoms with E-state index < -0.39 is 0 Å². The minimum Gasteiger partial charge on any atom is -0.495 e. The van der Waals surface area contributed by atoms with Gasteiger partial charge in [0.1, 0.15) is 5.60 Å². The van der Waals surface area contributed by atoms with E-state index in [1.165, 1.54) is 38.5 Å². The molecule has 0 aromatic rings. The molecule has 4 fully saturated rings. The first-order chi connectivity index (χ1) is 6.80. The van der Waals surface area contributed by atoms with Gasteiger partial charge in [-0.2, -0.15) is 0 Å². The van der Waals surface area contributed by atoms with Crippen molar-refractivity contribution in [2.75, 3.05) is 0 Å². The molecule has 4 rings (SSSR count). The number of allylic oxidation sites excluding steroid dienone is 1. The summed E-state index contributed by atoms with van der Waals surface area (Å²) in [5.74, 6) is 2.98. The zero-order valence-corrected chi connectivity index (χ0v) is 9.04. The quantitative estimate of drug-likeness (QED) is 0.608. The van der Waals surface area contributed by atoms with Crippen molar-refractivity contribution in [2.45, 2.75) is 51.0 Å². The fourth-order valence-electron chi connectivity index (χ4n) is 4.39. The molecule has 0 radical (unpaired) electrons. The molecule has 0 spiro atoms. The van der Waals surface area contributed by atoms with Crippen molar-refractivity contribution in [3.05, 3.63) is 12.3 Å². The Morgan fingerprint density at radius 1 is 1.00 bits per heavy atom. The molecule has 0 aromatic heterocycles. The second-order valence-electron chi connectivity index (χ2n) is 5.69. The van der Waals surface area contributed by atoms with Crippen LogP contribution < -0.4 is 0 Å². The van der Waals surface area contributed by atoms with Crippen LogP contribution in [0.4, 0.5) is 0 Å². The van der Waals surface area contributed by atoms with Crippen molar-refractivity contribution in [1.29, 1.82) is 0 Å². The van der Waals surface area contributed by atoms with Crippen LogP contribution in [0.2, 0.25) is 0 Å². The van der Waals surface area contributed by atoms with Gasteiger partial charge < -0.3 is 4.74 Å². The van der Waals surface area contributed by atoms with Crippen molar-refractivity contribution >= 4 is 0 Å². The van der Waals surface area contributed by atoms with Gasteiger partial charge in [0.25, 0.3) is 0 Å². The fraction of sp³-hybridized carbons (Fsp3) is 0.846. The summed E-state index contributed by atoms with van der Waals surface area (Å²) in [7, 11) is 0. The number of ether oxygens (including phenoxy) is 1. The van der Waals surface area contributed by atoms with Crippen LogP contribution in [0.5, 0.6) is 0 Å². The summed E-state index contributed by atoms with van der Waals surface area (Å²) >= 11 is 0.